The highest BCUT2D eigenvalue weighted by molar-refractivity contribution is 7.92. The Morgan fingerprint density at radius 1 is 0.938 bits per heavy atom. The third-order valence-corrected chi connectivity index (χ3v) is 6.32. The molecule has 0 bridgehead atoms. The zero-order chi connectivity index (χ0) is 22.6. The van der Waals surface area contributed by atoms with Crippen LogP contribution in [0.4, 0.5) is 11.4 Å². The zero-order valence-electron chi connectivity index (χ0n) is 17.4. The molecule has 0 saturated carbocycles. The summed E-state index contributed by atoms with van der Waals surface area (Å²) in [5.41, 5.74) is 2.39. The number of nitrogens with zero attached hydrogens (tertiary/aromatic N) is 2. The second-order valence-corrected chi connectivity index (χ2v) is 8.94. The van der Waals surface area contributed by atoms with Crippen LogP contribution in [0.25, 0.3) is 0 Å². The predicted octanol–water partition coefficient (Wildman–Crippen LogP) is 4.29. The molecule has 0 radical (unpaired) electrons. The molecule has 32 heavy (non-hydrogen) atoms. The largest absolute Gasteiger partial charge is 0.331 e. The van der Waals surface area contributed by atoms with Gasteiger partial charge in [0, 0.05) is 35.9 Å². The quantitative estimate of drug-likeness (QED) is 0.443. The summed E-state index contributed by atoms with van der Waals surface area (Å²) in [6.45, 7) is 2.65. The van der Waals surface area contributed by atoms with Gasteiger partial charge in [0.15, 0.2) is 0 Å². The molecule has 0 aliphatic heterocycles. The molecule has 0 fully saturated rings. The van der Waals surface area contributed by atoms with Gasteiger partial charge >= 0.3 is 0 Å². The molecular formula is C24H22N4O3S. The first kappa shape index (κ1) is 21.3. The second-order valence-electron chi connectivity index (χ2n) is 7.25. The van der Waals surface area contributed by atoms with Crippen LogP contribution in [0.1, 0.15) is 21.7 Å². The third-order valence-electron chi connectivity index (χ3n) is 4.92. The minimum atomic E-state index is -3.73. The van der Waals surface area contributed by atoms with Crippen molar-refractivity contribution in [3.63, 3.8) is 0 Å². The van der Waals surface area contributed by atoms with Crippen LogP contribution in [-0.4, -0.2) is 23.9 Å². The minimum absolute atomic E-state index is 0.154. The first-order chi connectivity index (χ1) is 15.4. The van der Waals surface area contributed by atoms with E-state index in [0.717, 1.165) is 11.4 Å². The molecule has 0 atom stereocenters. The number of sulfonamides is 1. The molecule has 1 heterocycles. The van der Waals surface area contributed by atoms with Crippen molar-refractivity contribution in [1.82, 2.24) is 9.55 Å². The summed E-state index contributed by atoms with van der Waals surface area (Å²) in [6.07, 6.45) is 3.68. The molecule has 4 aromatic rings. The molecule has 7 nitrogen and oxygen atoms in total. The van der Waals surface area contributed by atoms with Crippen molar-refractivity contribution in [2.24, 2.45) is 0 Å². The maximum absolute atomic E-state index is 12.7. The number of carbonyl (C=O) groups excluding carboxylic acids is 1. The average molecular weight is 447 g/mol. The first-order valence-electron chi connectivity index (χ1n) is 9.97. The van der Waals surface area contributed by atoms with Gasteiger partial charge in [0.25, 0.3) is 15.9 Å². The first-order valence-corrected chi connectivity index (χ1v) is 11.4. The summed E-state index contributed by atoms with van der Waals surface area (Å²) >= 11 is 0. The highest BCUT2D eigenvalue weighted by atomic mass is 32.2. The van der Waals surface area contributed by atoms with Crippen molar-refractivity contribution < 1.29 is 13.2 Å². The van der Waals surface area contributed by atoms with Gasteiger partial charge in [-0.25, -0.2) is 13.4 Å². The normalized spacial score (nSPS) is 11.2. The van der Waals surface area contributed by atoms with E-state index in [1.54, 1.807) is 42.6 Å². The maximum atomic E-state index is 12.7. The Morgan fingerprint density at radius 2 is 1.69 bits per heavy atom. The van der Waals surface area contributed by atoms with Crippen molar-refractivity contribution >= 4 is 27.3 Å². The molecule has 0 spiro atoms. The Hall–Kier alpha value is -3.91. The Bertz CT molecular complexity index is 1330. The molecule has 4 rings (SSSR count). The lowest BCUT2D eigenvalue weighted by molar-refractivity contribution is 0.102. The van der Waals surface area contributed by atoms with E-state index >= 15 is 0 Å². The van der Waals surface area contributed by atoms with Crippen LogP contribution in [0.15, 0.2) is 96.2 Å². The van der Waals surface area contributed by atoms with Gasteiger partial charge in [0.05, 0.1) is 4.90 Å². The van der Waals surface area contributed by atoms with E-state index in [1.165, 1.54) is 18.2 Å². The molecule has 3 aromatic carbocycles. The second kappa shape index (κ2) is 9.07. The van der Waals surface area contributed by atoms with E-state index in [0.29, 0.717) is 23.5 Å². The fraction of sp³-hybridized carbons (Fsp3) is 0.0833. The fourth-order valence-corrected chi connectivity index (χ4v) is 4.27. The molecule has 2 N–H and O–H groups in total. The van der Waals surface area contributed by atoms with Crippen molar-refractivity contribution in [1.29, 1.82) is 0 Å². The van der Waals surface area contributed by atoms with E-state index in [-0.39, 0.29) is 10.8 Å². The molecular weight excluding hydrogens is 424 g/mol. The van der Waals surface area contributed by atoms with Crippen molar-refractivity contribution in [3.05, 3.63) is 108 Å². The van der Waals surface area contributed by atoms with Gasteiger partial charge < -0.3 is 9.88 Å². The van der Waals surface area contributed by atoms with Crippen LogP contribution < -0.4 is 10.0 Å². The van der Waals surface area contributed by atoms with Crippen LogP contribution in [0.2, 0.25) is 0 Å². The number of hydrogen-bond donors (Lipinski definition) is 2. The molecule has 1 amide bonds. The number of nitrogens with one attached hydrogen (secondary N) is 2. The van der Waals surface area contributed by atoms with Crippen molar-refractivity contribution in [3.8, 4) is 0 Å². The van der Waals surface area contributed by atoms with E-state index < -0.39 is 10.0 Å². The van der Waals surface area contributed by atoms with Gasteiger partial charge in [-0.2, -0.15) is 0 Å². The molecule has 8 heteroatoms. The predicted molar refractivity (Wildman–Crippen MR) is 124 cm³/mol. The van der Waals surface area contributed by atoms with Gasteiger partial charge in [-0.05, 0) is 55.0 Å². The number of anilines is 2. The number of benzene rings is 3. The van der Waals surface area contributed by atoms with E-state index in [9.17, 15) is 13.2 Å². The lowest BCUT2D eigenvalue weighted by atomic mass is 10.1. The fourth-order valence-electron chi connectivity index (χ4n) is 3.20. The van der Waals surface area contributed by atoms with Gasteiger partial charge in [-0.3, -0.25) is 9.52 Å². The van der Waals surface area contributed by atoms with Crippen LogP contribution in [0.5, 0.6) is 0 Å². The maximum Gasteiger partial charge on any atom is 0.261 e. The molecule has 0 unspecified atom stereocenters. The average Bonchev–Trinajstić information content (AvgIpc) is 3.20. The third kappa shape index (κ3) is 5.04. The summed E-state index contributed by atoms with van der Waals surface area (Å²) in [4.78, 5) is 17.1. The Balaban J connectivity index is 1.43. The molecule has 0 aliphatic carbocycles. The number of imidazole rings is 1. The monoisotopic (exact) mass is 446 g/mol. The summed E-state index contributed by atoms with van der Waals surface area (Å²) in [7, 11) is -3.73. The lowest BCUT2D eigenvalue weighted by Crippen LogP contribution is -2.15. The Morgan fingerprint density at radius 3 is 2.38 bits per heavy atom. The summed E-state index contributed by atoms with van der Waals surface area (Å²) in [6, 6.07) is 22.0. The molecule has 162 valence electrons. The number of aromatic nitrogens is 2. The van der Waals surface area contributed by atoms with Crippen LogP contribution in [0.3, 0.4) is 0 Å². The number of aryl methyl sites for hydroxylation is 1. The van der Waals surface area contributed by atoms with E-state index in [4.69, 9.17) is 0 Å². The lowest BCUT2D eigenvalue weighted by Gasteiger charge is -2.11. The Labute approximate surface area is 186 Å². The zero-order valence-corrected chi connectivity index (χ0v) is 18.2. The summed E-state index contributed by atoms with van der Waals surface area (Å²) in [5.74, 6) is 0.606. The highest BCUT2D eigenvalue weighted by Gasteiger charge is 2.15. The molecule has 1 aromatic heterocycles. The van der Waals surface area contributed by atoms with Crippen LogP contribution >= 0.6 is 0 Å². The van der Waals surface area contributed by atoms with Crippen LogP contribution in [-0.2, 0) is 16.6 Å². The highest BCUT2D eigenvalue weighted by Crippen LogP contribution is 2.18. The van der Waals surface area contributed by atoms with Crippen LogP contribution in [0, 0.1) is 6.92 Å². The van der Waals surface area contributed by atoms with E-state index in [1.807, 2.05) is 42.0 Å². The van der Waals surface area contributed by atoms with Gasteiger partial charge in [-0.1, -0.05) is 36.4 Å². The van der Waals surface area contributed by atoms with Gasteiger partial charge in [0.1, 0.15) is 5.82 Å². The minimum Gasteiger partial charge on any atom is -0.331 e. The number of amides is 1. The van der Waals surface area contributed by atoms with Gasteiger partial charge in [-0.15, -0.1) is 0 Å². The smallest absolute Gasteiger partial charge is 0.261 e. The topological polar surface area (TPSA) is 93.1 Å². The van der Waals surface area contributed by atoms with E-state index in [2.05, 4.69) is 15.0 Å². The number of rotatable bonds is 7. The van der Waals surface area contributed by atoms with Crippen molar-refractivity contribution in [2.75, 3.05) is 10.0 Å². The molecule has 0 saturated heterocycles. The Kier molecular flexibility index (Phi) is 6.04. The van der Waals surface area contributed by atoms with Crippen molar-refractivity contribution in [2.45, 2.75) is 18.4 Å². The summed E-state index contributed by atoms with van der Waals surface area (Å²) in [5, 5.41) is 2.84. The summed E-state index contributed by atoms with van der Waals surface area (Å²) < 4.78 is 29.6. The van der Waals surface area contributed by atoms with Gasteiger partial charge in [0.2, 0.25) is 0 Å². The standard InChI is InChI=1S/C24H22N4O3S/c1-18-25-14-15-28(18)17-19-10-12-21(13-11-19)26-24(29)20-6-5-7-22(16-20)27-32(30,31)23-8-3-2-4-9-23/h2-16,27H,17H2,1H3,(H,26,29). The molecule has 0 aliphatic rings. The number of carbonyl (C=O) groups is 1. The SMILES string of the molecule is Cc1nccn1Cc1ccc(NC(=O)c2cccc(NS(=O)(=O)c3ccccc3)c2)cc1. The number of hydrogen-bond acceptors (Lipinski definition) is 4.